The monoisotopic (exact) mass is 336 g/mol. The number of nitrogens with two attached hydrogens (primary N) is 1. The molecule has 3 rings (SSSR count). The van der Waals surface area contributed by atoms with Gasteiger partial charge in [-0.1, -0.05) is 0 Å². The third-order valence-corrected chi connectivity index (χ3v) is 5.44. The Hall–Kier alpha value is -0.710. The fourth-order valence-electron chi connectivity index (χ4n) is 2.55. The van der Waals surface area contributed by atoms with Gasteiger partial charge in [-0.15, -0.1) is 11.3 Å². The topological polar surface area (TPSA) is 38.9 Å². The van der Waals surface area contributed by atoms with Crippen LogP contribution < -0.4 is 5.73 Å². The van der Waals surface area contributed by atoms with Crippen molar-refractivity contribution in [2.24, 2.45) is 5.73 Å². The minimum absolute atomic E-state index is 0.0734. The van der Waals surface area contributed by atoms with Crippen LogP contribution in [0.2, 0.25) is 0 Å². The van der Waals surface area contributed by atoms with E-state index in [4.69, 9.17) is 5.73 Å². The standard InChI is InChI=1S/C15H17BrN2S/c16-11-5-6-12(18-9-11)8-13(17)15-7-10-3-1-2-4-14(10)19-15/h5-7,9,13H,1-4,8,17H2. The number of rotatable bonds is 3. The van der Waals surface area contributed by atoms with Crippen LogP contribution in [0.3, 0.4) is 0 Å². The van der Waals surface area contributed by atoms with E-state index >= 15 is 0 Å². The molecule has 0 radical (unpaired) electrons. The molecule has 2 aromatic heterocycles. The van der Waals surface area contributed by atoms with Crippen LogP contribution >= 0.6 is 27.3 Å². The highest BCUT2D eigenvalue weighted by molar-refractivity contribution is 9.10. The summed E-state index contributed by atoms with van der Waals surface area (Å²) in [4.78, 5) is 7.28. The Morgan fingerprint density at radius 3 is 2.89 bits per heavy atom. The van der Waals surface area contributed by atoms with E-state index in [1.807, 2.05) is 29.7 Å². The van der Waals surface area contributed by atoms with Gasteiger partial charge < -0.3 is 5.73 Å². The minimum Gasteiger partial charge on any atom is -0.323 e. The molecule has 4 heteroatoms. The lowest BCUT2D eigenvalue weighted by Gasteiger charge is -2.08. The Bertz CT molecular complexity index is 539. The zero-order valence-electron chi connectivity index (χ0n) is 10.7. The fraction of sp³-hybridized carbons (Fsp3) is 0.400. The number of fused-ring (bicyclic) bond motifs is 1. The quantitative estimate of drug-likeness (QED) is 0.918. The molecule has 2 heterocycles. The van der Waals surface area contributed by atoms with Crippen molar-refractivity contribution >= 4 is 27.3 Å². The maximum Gasteiger partial charge on any atom is 0.0446 e. The van der Waals surface area contributed by atoms with E-state index in [0.717, 1.165) is 16.6 Å². The van der Waals surface area contributed by atoms with Gasteiger partial charge in [0.1, 0.15) is 0 Å². The van der Waals surface area contributed by atoms with Gasteiger partial charge >= 0.3 is 0 Å². The summed E-state index contributed by atoms with van der Waals surface area (Å²) in [6.45, 7) is 0. The maximum atomic E-state index is 6.34. The first kappa shape index (κ1) is 13.3. The van der Waals surface area contributed by atoms with E-state index in [0.29, 0.717) is 0 Å². The molecule has 2 nitrogen and oxygen atoms in total. The summed E-state index contributed by atoms with van der Waals surface area (Å²) >= 11 is 5.31. The second-order valence-electron chi connectivity index (χ2n) is 5.08. The summed E-state index contributed by atoms with van der Waals surface area (Å²) in [6, 6.07) is 6.46. The molecule has 0 aliphatic heterocycles. The Labute approximate surface area is 126 Å². The molecule has 0 amide bonds. The normalized spacial score (nSPS) is 16.1. The molecule has 0 aromatic carbocycles. The van der Waals surface area contributed by atoms with Crippen molar-refractivity contribution in [3.63, 3.8) is 0 Å². The Morgan fingerprint density at radius 1 is 1.32 bits per heavy atom. The van der Waals surface area contributed by atoms with E-state index < -0.39 is 0 Å². The van der Waals surface area contributed by atoms with E-state index in [1.165, 1.54) is 36.1 Å². The Morgan fingerprint density at radius 2 is 2.16 bits per heavy atom. The molecule has 0 spiro atoms. The highest BCUT2D eigenvalue weighted by atomic mass is 79.9. The van der Waals surface area contributed by atoms with Crippen molar-refractivity contribution in [2.75, 3.05) is 0 Å². The third-order valence-electron chi connectivity index (χ3n) is 3.60. The number of hydrogen-bond acceptors (Lipinski definition) is 3. The van der Waals surface area contributed by atoms with Crippen LogP contribution in [0.25, 0.3) is 0 Å². The first-order valence-corrected chi connectivity index (χ1v) is 8.31. The molecule has 19 heavy (non-hydrogen) atoms. The van der Waals surface area contributed by atoms with Gasteiger partial charge in [-0.3, -0.25) is 4.98 Å². The SMILES string of the molecule is NC(Cc1ccc(Br)cn1)c1cc2c(s1)CCCC2. The van der Waals surface area contributed by atoms with Crippen molar-refractivity contribution in [2.45, 2.75) is 38.1 Å². The van der Waals surface area contributed by atoms with Gasteiger partial charge in [-0.05, 0) is 65.4 Å². The molecule has 0 saturated heterocycles. The zero-order valence-corrected chi connectivity index (χ0v) is 13.1. The molecule has 2 N–H and O–H groups in total. The number of halogens is 1. The lowest BCUT2D eigenvalue weighted by Crippen LogP contribution is -2.12. The second kappa shape index (κ2) is 5.73. The van der Waals surface area contributed by atoms with Gasteiger partial charge in [0.2, 0.25) is 0 Å². The molecule has 1 aliphatic carbocycles. The van der Waals surface area contributed by atoms with Crippen LogP contribution in [0, 0.1) is 0 Å². The van der Waals surface area contributed by atoms with E-state index in [2.05, 4.69) is 27.0 Å². The summed E-state index contributed by atoms with van der Waals surface area (Å²) in [5.74, 6) is 0. The van der Waals surface area contributed by atoms with Crippen LogP contribution in [0.5, 0.6) is 0 Å². The van der Waals surface area contributed by atoms with Gasteiger partial charge in [0.15, 0.2) is 0 Å². The minimum atomic E-state index is 0.0734. The zero-order chi connectivity index (χ0) is 13.2. The fourth-order valence-corrected chi connectivity index (χ4v) is 4.04. The molecular formula is C15H17BrN2S. The summed E-state index contributed by atoms with van der Waals surface area (Å²) in [6.07, 6.45) is 7.77. The van der Waals surface area contributed by atoms with Crippen molar-refractivity contribution in [3.8, 4) is 0 Å². The molecule has 100 valence electrons. The van der Waals surface area contributed by atoms with Gasteiger partial charge in [0, 0.05) is 38.6 Å². The summed E-state index contributed by atoms with van der Waals surface area (Å²) in [5.41, 5.74) is 8.93. The van der Waals surface area contributed by atoms with Gasteiger partial charge in [0.25, 0.3) is 0 Å². The van der Waals surface area contributed by atoms with Gasteiger partial charge in [0.05, 0.1) is 0 Å². The van der Waals surface area contributed by atoms with Crippen molar-refractivity contribution < 1.29 is 0 Å². The lowest BCUT2D eigenvalue weighted by molar-refractivity contribution is 0.694. The molecule has 1 unspecified atom stereocenters. The Balaban J connectivity index is 1.74. The lowest BCUT2D eigenvalue weighted by atomic mass is 9.98. The molecule has 0 saturated carbocycles. The van der Waals surface area contributed by atoms with Crippen LogP contribution in [-0.4, -0.2) is 4.98 Å². The molecule has 1 aliphatic rings. The maximum absolute atomic E-state index is 6.34. The predicted octanol–water partition coefficient (Wildman–Crippen LogP) is 4.03. The van der Waals surface area contributed by atoms with E-state index in [-0.39, 0.29) is 6.04 Å². The highest BCUT2D eigenvalue weighted by Gasteiger charge is 2.17. The molecular weight excluding hydrogens is 320 g/mol. The molecule has 0 fully saturated rings. The van der Waals surface area contributed by atoms with Crippen molar-refractivity contribution in [1.29, 1.82) is 0 Å². The summed E-state index contributed by atoms with van der Waals surface area (Å²) in [5, 5.41) is 0. The van der Waals surface area contributed by atoms with Crippen LogP contribution in [0.4, 0.5) is 0 Å². The first-order valence-electron chi connectivity index (χ1n) is 6.70. The number of aryl methyl sites for hydroxylation is 2. The number of pyridine rings is 1. The number of nitrogens with zero attached hydrogens (tertiary/aromatic N) is 1. The molecule has 2 aromatic rings. The molecule has 0 bridgehead atoms. The smallest absolute Gasteiger partial charge is 0.0446 e. The highest BCUT2D eigenvalue weighted by Crippen LogP contribution is 2.33. The van der Waals surface area contributed by atoms with E-state index in [9.17, 15) is 0 Å². The van der Waals surface area contributed by atoms with Crippen molar-refractivity contribution in [3.05, 3.63) is 49.9 Å². The van der Waals surface area contributed by atoms with Gasteiger partial charge in [-0.2, -0.15) is 0 Å². The average molecular weight is 337 g/mol. The summed E-state index contributed by atoms with van der Waals surface area (Å²) < 4.78 is 1.01. The van der Waals surface area contributed by atoms with Crippen LogP contribution in [0.1, 0.15) is 39.9 Å². The van der Waals surface area contributed by atoms with Crippen molar-refractivity contribution in [1.82, 2.24) is 4.98 Å². The predicted molar refractivity (Wildman–Crippen MR) is 83.5 cm³/mol. The average Bonchev–Trinajstić information content (AvgIpc) is 2.85. The number of hydrogen-bond donors (Lipinski definition) is 1. The third kappa shape index (κ3) is 3.07. The van der Waals surface area contributed by atoms with Crippen LogP contribution in [0.15, 0.2) is 28.9 Å². The second-order valence-corrected chi connectivity index (χ2v) is 7.17. The number of thiophene rings is 1. The largest absolute Gasteiger partial charge is 0.323 e. The van der Waals surface area contributed by atoms with Crippen LogP contribution in [-0.2, 0) is 19.3 Å². The summed E-state index contributed by atoms with van der Waals surface area (Å²) in [7, 11) is 0. The number of aromatic nitrogens is 1. The first-order chi connectivity index (χ1) is 9.22. The van der Waals surface area contributed by atoms with Gasteiger partial charge in [-0.25, -0.2) is 0 Å². The van der Waals surface area contributed by atoms with E-state index in [1.54, 1.807) is 4.88 Å². The Kier molecular flexibility index (Phi) is 4.01. The molecule has 1 atom stereocenters.